The van der Waals surface area contributed by atoms with Crippen LogP contribution in [0.5, 0.6) is 0 Å². The lowest BCUT2D eigenvalue weighted by Gasteiger charge is -2.16. The highest BCUT2D eigenvalue weighted by Crippen LogP contribution is 2.44. The molecule has 9 aromatic carbocycles. The molecule has 0 aliphatic heterocycles. The van der Waals surface area contributed by atoms with Crippen LogP contribution in [0.3, 0.4) is 0 Å². The Balaban J connectivity index is 1.19. The van der Waals surface area contributed by atoms with Gasteiger partial charge in [-0.2, -0.15) is 0 Å². The molecule has 0 bridgehead atoms. The fourth-order valence-electron chi connectivity index (χ4n) is 9.19. The van der Waals surface area contributed by atoms with Gasteiger partial charge in [0.1, 0.15) is 22.4 Å². The van der Waals surface area contributed by atoms with Crippen molar-refractivity contribution < 1.29 is 8.83 Å². The number of nitrogens with zero attached hydrogens (tertiary/aromatic N) is 4. The minimum Gasteiger partial charge on any atom is -0.456 e. The zero-order valence-corrected chi connectivity index (χ0v) is 31.4. The van der Waals surface area contributed by atoms with Gasteiger partial charge in [0.2, 0.25) is 0 Å². The van der Waals surface area contributed by atoms with Crippen molar-refractivity contribution in [3.05, 3.63) is 182 Å². The van der Waals surface area contributed by atoms with E-state index < -0.39 is 0 Å². The second kappa shape index (κ2) is 12.2. The summed E-state index contributed by atoms with van der Waals surface area (Å²) >= 11 is 0. The molecule has 0 saturated carbocycles. The van der Waals surface area contributed by atoms with Gasteiger partial charge >= 0.3 is 0 Å². The number of rotatable bonds is 4. The van der Waals surface area contributed by atoms with Gasteiger partial charge in [-0.1, -0.05) is 133 Å². The predicted molar refractivity (Wildman–Crippen MR) is 240 cm³/mol. The van der Waals surface area contributed by atoms with Crippen molar-refractivity contribution in [3.8, 4) is 39.9 Å². The molecular formula is C53H30N4O2. The number of para-hydroxylation sites is 3. The molecule has 0 unspecified atom stereocenters. The van der Waals surface area contributed by atoms with E-state index in [1.165, 1.54) is 5.39 Å². The van der Waals surface area contributed by atoms with E-state index in [4.69, 9.17) is 23.8 Å². The highest BCUT2D eigenvalue weighted by molar-refractivity contribution is 6.17. The van der Waals surface area contributed by atoms with Gasteiger partial charge in [0.05, 0.1) is 11.0 Å². The summed E-state index contributed by atoms with van der Waals surface area (Å²) in [5, 5.41) is 10.9. The Morgan fingerprint density at radius 2 is 0.915 bits per heavy atom. The van der Waals surface area contributed by atoms with Crippen LogP contribution in [0.1, 0.15) is 0 Å². The number of hydrogen-bond acceptors (Lipinski definition) is 5. The standard InChI is InChI=1S/C53H30N4O2/c1-2-15-33-30-44-42(29-32(33)14-1)35-18-5-8-23-43(35)57(44)49-41(28-27-37-36-19-6-9-24-45(36)59-50(37)49)53-55-51(38-21-11-16-31-13-3-4-17-34(31)38)54-52(56-53)40-22-12-26-47-48(40)39-20-7-10-25-46(39)58-47/h1-30H. The van der Waals surface area contributed by atoms with E-state index in [0.29, 0.717) is 17.5 Å². The molecule has 0 amide bonds. The molecule has 0 fully saturated rings. The quantitative estimate of drug-likeness (QED) is 0.179. The van der Waals surface area contributed by atoms with Gasteiger partial charge in [-0.15, -0.1) is 0 Å². The lowest BCUT2D eigenvalue weighted by Crippen LogP contribution is -2.04. The van der Waals surface area contributed by atoms with E-state index in [-0.39, 0.29) is 0 Å². The first-order valence-corrected chi connectivity index (χ1v) is 19.8. The molecule has 0 saturated heterocycles. The van der Waals surface area contributed by atoms with Gasteiger partial charge in [0.25, 0.3) is 0 Å². The summed E-state index contributed by atoms with van der Waals surface area (Å²) in [5.74, 6) is 1.67. The Morgan fingerprint density at radius 3 is 1.75 bits per heavy atom. The molecule has 13 rings (SSSR count). The molecule has 274 valence electrons. The topological polar surface area (TPSA) is 69.9 Å². The van der Waals surface area contributed by atoms with Crippen LogP contribution in [0, 0.1) is 0 Å². The third kappa shape index (κ3) is 4.71. The minimum absolute atomic E-state index is 0.534. The van der Waals surface area contributed by atoms with Crippen molar-refractivity contribution in [1.29, 1.82) is 0 Å². The summed E-state index contributed by atoms with van der Waals surface area (Å²) in [7, 11) is 0. The van der Waals surface area contributed by atoms with Gasteiger partial charge in [-0.05, 0) is 70.1 Å². The van der Waals surface area contributed by atoms with Crippen LogP contribution in [-0.2, 0) is 0 Å². The van der Waals surface area contributed by atoms with Crippen LogP contribution in [0.15, 0.2) is 191 Å². The Labute approximate surface area is 336 Å². The molecular weight excluding hydrogens is 725 g/mol. The summed E-state index contributed by atoms with van der Waals surface area (Å²) in [4.78, 5) is 16.2. The molecule has 6 heteroatoms. The number of aromatic nitrogens is 4. The molecule has 4 aromatic heterocycles. The summed E-state index contributed by atoms with van der Waals surface area (Å²) in [6, 6.07) is 63.2. The molecule has 0 N–H and O–H groups in total. The summed E-state index contributed by atoms with van der Waals surface area (Å²) in [6.07, 6.45) is 0. The van der Waals surface area contributed by atoms with Crippen molar-refractivity contribution in [1.82, 2.24) is 19.5 Å². The van der Waals surface area contributed by atoms with E-state index in [2.05, 4.69) is 144 Å². The van der Waals surface area contributed by atoms with Gasteiger partial charge in [-0.25, -0.2) is 15.0 Å². The summed E-state index contributed by atoms with van der Waals surface area (Å²) < 4.78 is 15.7. The van der Waals surface area contributed by atoms with Gasteiger partial charge < -0.3 is 13.4 Å². The van der Waals surface area contributed by atoms with Crippen molar-refractivity contribution in [3.63, 3.8) is 0 Å². The minimum atomic E-state index is 0.534. The van der Waals surface area contributed by atoms with Crippen molar-refractivity contribution in [2.24, 2.45) is 0 Å². The van der Waals surface area contributed by atoms with E-state index in [9.17, 15) is 0 Å². The smallest absolute Gasteiger partial charge is 0.166 e. The Morgan fingerprint density at radius 1 is 0.339 bits per heavy atom. The Hall–Kier alpha value is -8.09. The molecule has 0 aliphatic carbocycles. The average molecular weight is 755 g/mol. The van der Waals surface area contributed by atoms with Gasteiger partial charge in [0.15, 0.2) is 23.1 Å². The third-order valence-corrected chi connectivity index (χ3v) is 11.8. The Kier molecular flexibility index (Phi) is 6.63. The highest BCUT2D eigenvalue weighted by atomic mass is 16.3. The number of fused-ring (bicyclic) bond motifs is 11. The summed E-state index contributed by atoms with van der Waals surface area (Å²) in [6.45, 7) is 0. The maximum absolute atomic E-state index is 6.93. The van der Waals surface area contributed by atoms with E-state index in [1.54, 1.807) is 0 Å². The molecule has 0 spiro atoms. The van der Waals surface area contributed by atoms with Crippen LogP contribution in [0.4, 0.5) is 0 Å². The molecule has 0 atom stereocenters. The van der Waals surface area contributed by atoms with Crippen LogP contribution in [0.25, 0.3) is 127 Å². The first kappa shape index (κ1) is 32.0. The van der Waals surface area contributed by atoms with Crippen LogP contribution in [0.2, 0.25) is 0 Å². The van der Waals surface area contributed by atoms with Crippen LogP contribution < -0.4 is 0 Å². The molecule has 59 heavy (non-hydrogen) atoms. The first-order valence-electron chi connectivity index (χ1n) is 19.8. The third-order valence-electron chi connectivity index (χ3n) is 11.8. The fourth-order valence-corrected chi connectivity index (χ4v) is 9.19. The number of benzene rings is 9. The van der Waals surface area contributed by atoms with Crippen molar-refractivity contribution in [2.75, 3.05) is 0 Å². The molecule has 13 aromatic rings. The van der Waals surface area contributed by atoms with Crippen LogP contribution >= 0.6 is 0 Å². The fraction of sp³-hybridized carbons (Fsp3) is 0. The maximum atomic E-state index is 6.93. The lowest BCUT2D eigenvalue weighted by atomic mass is 10.0. The number of hydrogen-bond donors (Lipinski definition) is 0. The summed E-state index contributed by atoms with van der Waals surface area (Å²) in [5.41, 5.74) is 8.78. The SMILES string of the molecule is c1ccc2cc3c(cc2c1)c1ccccc1n3-c1c(-c2nc(-c3cccc4ccccc34)nc(-c3cccc4oc5ccccc5c34)n2)ccc2c1oc1ccccc12. The first-order chi connectivity index (χ1) is 29.2. The van der Waals surface area contributed by atoms with E-state index in [1.807, 2.05) is 42.5 Å². The molecule has 0 radical (unpaired) electrons. The van der Waals surface area contributed by atoms with Gasteiger partial charge in [0, 0.05) is 49.0 Å². The number of furan rings is 2. The second-order valence-corrected chi connectivity index (χ2v) is 15.1. The van der Waals surface area contributed by atoms with Crippen molar-refractivity contribution in [2.45, 2.75) is 0 Å². The van der Waals surface area contributed by atoms with E-state index in [0.717, 1.165) is 104 Å². The lowest BCUT2D eigenvalue weighted by molar-refractivity contribution is 0.666. The largest absolute Gasteiger partial charge is 0.456 e. The van der Waals surface area contributed by atoms with E-state index >= 15 is 0 Å². The van der Waals surface area contributed by atoms with Crippen molar-refractivity contribution >= 4 is 87.2 Å². The maximum Gasteiger partial charge on any atom is 0.166 e. The second-order valence-electron chi connectivity index (χ2n) is 15.1. The normalized spacial score (nSPS) is 12.1. The molecule has 4 heterocycles. The molecule has 6 nitrogen and oxygen atoms in total. The Bertz CT molecular complexity index is 3870. The monoisotopic (exact) mass is 754 g/mol. The van der Waals surface area contributed by atoms with Gasteiger partial charge in [-0.3, -0.25) is 0 Å². The zero-order chi connectivity index (χ0) is 38.6. The predicted octanol–water partition coefficient (Wildman–Crippen LogP) is 14.1. The molecule has 0 aliphatic rings. The average Bonchev–Trinajstić information content (AvgIpc) is 3.97. The highest BCUT2D eigenvalue weighted by Gasteiger charge is 2.25. The van der Waals surface area contributed by atoms with Crippen LogP contribution in [-0.4, -0.2) is 19.5 Å². The zero-order valence-electron chi connectivity index (χ0n) is 31.4.